The lowest BCUT2D eigenvalue weighted by molar-refractivity contribution is 0.160. The molecule has 104 valence electrons. The van der Waals surface area contributed by atoms with Crippen LogP contribution in [0.3, 0.4) is 0 Å². The van der Waals surface area contributed by atoms with Crippen molar-refractivity contribution in [2.75, 3.05) is 0 Å². The van der Waals surface area contributed by atoms with Gasteiger partial charge in [-0.2, -0.15) is 0 Å². The Kier molecular flexibility index (Phi) is 3.18. The van der Waals surface area contributed by atoms with Crippen LogP contribution >= 0.6 is 0 Å². The molecule has 0 bridgehead atoms. The van der Waals surface area contributed by atoms with Gasteiger partial charge in [0, 0.05) is 24.1 Å². The summed E-state index contributed by atoms with van der Waals surface area (Å²) in [7, 11) is 0. The van der Waals surface area contributed by atoms with Crippen LogP contribution in [-0.4, -0.2) is 0 Å². The van der Waals surface area contributed by atoms with E-state index in [1.165, 1.54) is 24.3 Å². The summed E-state index contributed by atoms with van der Waals surface area (Å²) >= 11 is 0. The van der Waals surface area contributed by atoms with Crippen LogP contribution in [-0.2, 0) is 0 Å². The van der Waals surface area contributed by atoms with Gasteiger partial charge in [-0.3, -0.25) is 0 Å². The first-order valence-electron chi connectivity index (χ1n) is 6.52. The predicted octanol–water partition coefficient (Wildman–Crippen LogP) is 3.80. The van der Waals surface area contributed by atoms with Crippen LogP contribution in [0.1, 0.15) is 35.3 Å². The Morgan fingerprint density at radius 1 is 1.05 bits per heavy atom. The molecule has 0 fully saturated rings. The Morgan fingerprint density at radius 3 is 2.40 bits per heavy atom. The molecule has 0 aliphatic carbocycles. The molecule has 2 nitrogen and oxygen atoms in total. The number of hydrogen-bond donors (Lipinski definition) is 1. The van der Waals surface area contributed by atoms with Crippen LogP contribution in [0.25, 0.3) is 0 Å². The zero-order chi connectivity index (χ0) is 14.3. The Morgan fingerprint density at radius 2 is 1.70 bits per heavy atom. The molecule has 4 heteroatoms. The van der Waals surface area contributed by atoms with Crippen molar-refractivity contribution in [3.05, 3.63) is 64.7 Å². The first kappa shape index (κ1) is 13.1. The molecule has 2 N–H and O–H groups in total. The van der Waals surface area contributed by atoms with E-state index in [1.54, 1.807) is 12.1 Å². The van der Waals surface area contributed by atoms with Gasteiger partial charge < -0.3 is 10.5 Å². The number of halogens is 2. The molecule has 1 aliphatic rings. The highest BCUT2D eigenvalue weighted by Gasteiger charge is 2.28. The molecule has 2 unspecified atom stereocenters. The highest BCUT2D eigenvalue weighted by molar-refractivity contribution is 5.40. The molecule has 0 radical (unpaired) electrons. The van der Waals surface area contributed by atoms with E-state index in [0.29, 0.717) is 12.2 Å². The van der Waals surface area contributed by atoms with Gasteiger partial charge in [0.2, 0.25) is 0 Å². The van der Waals surface area contributed by atoms with Crippen molar-refractivity contribution in [1.82, 2.24) is 0 Å². The molecule has 1 aliphatic heterocycles. The number of aryl methyl sites for hydroxylation is 1. The summed E-state index contributed by atoms with van der Waals surface area (Å²) in [6, 6.07) is 8.74. The monoisotopic (exact) mass is 275 g/mol. The molecule has 2 atom stereocenters. The highest BCUT2D eigenvalue weighted by Crippen LogP contribution is 2.40. The van der Waals surface area contributed by atoms with E-state index in [-0.39, 0.29) is 23.8 Å². The third kappa shape index (κ3) is 2.27. The van der Waals surface area contributed by atoms with Gasteiger partial charge in [0.05, 0.1) is 0 Å². The van der Waals surface area contributed by atoms with E-state index in [9.17, 15) is 8.78 Å². The third-order valence-corrected chi connectivity index (χ3v) is 3.69. The first-order valence-corrected chi connectivity index (χ1v) is 6.52. The van der Waals surface area contributed by atoms with Gasteiger partial charge in [0.1, 0.15) is 23.5 Å². The Labute approximate surface area is 116 Å². The predicted molar refractivity (Wildman–Crippen MR) is 72.5 cm³/mol. The van der Waals surface area contributed by atoms with E-state index < -0.39 is 0 Å². The normalized spacial score (nSPS) is 21.2. The van der Waals surface area contributed by atoms with Crippen LogP contribution in [0.2, 0.25) is 0 Å². The lowest BCUT2D eigenvalue weighted by Gasteiger charge is -2.31. The Bertz CT molecular complexity index is 657. The van der Waals surface area contributed by atoms with Crippen LogP contribution in [0, 0.1) is 18.6 Å². The molecule has 0 saturated carbocycles. The number of rotatable bonds is 1. The summed E-state index contributed by atoms with van der Waals surface area (Å²) in [6.07, 6.45) is 0.311. The topological polar surface area (TPSA) is 35.2 Å². The quantitative estimate of drug-likeness (QED) is 0.859. The van der Waals surface area contributed by atoms with Gasteiger partial charge in [0.15, 0.2) is 0 Å². The maximum Gasteiger partial charge on any atom is 0.127 e. The third-order valence-electron chi connectivity index (χ3n) is 3.69. The average Bonchev–Trinajstić information content (AvgIpc) is 2.37. The fraction of sp³-hybridized carbons (Fsp3) is 0.250. The highest BCUT2D eigenvalue weighted by atomic mass is 19.1. The van der Waals surface area contributed by atoms with Crippen molar-refractivity contribution in [2.45, 2.75) is 25.5 Å². The second-order valence-electron chi connectivity index (χ2n) is 5.13. The zero-order valence-corrected chi connectivity index (χ0v) is 11.1. The summed E-state index contributed by atoms with van der Waals surface area (Å²) in [6.45, 7) is 1.83. The van der Waals surface area contributed by atoms with Gasteiger partial charge in [-0.05, 0) is 36.2 Å². The van der Waals surface area contributed by atoms with E-state index in [1.807, 2.05) is 6.92 Å². The van der Waals surface area contributed by atoms with Crippen molar-refractivity contribution in [2.24, 2.45) is 5.73 Å². The summed E-state index contributed by atoms with van der Waals surface area (Å²) in [5.41, 5.74) is 8.63. The minimum Gasteiger partial charge on any atom is -0.485 e. The SMILES string of the molecule is Cc1cc(F)ccc1C1CC(N)c2ccc(F)cc2O1. The molecule has 20 heavy (non-hydrogen) atoms. The molecule has 1 heterocycles. The summed E-state index contributed by atoms with van der Waals surface area (Å²) < 4.78 is 32.3. The zero-order valence-electron chi connectivity index (χ0n) is 11.1. The fourth-order valence-electron chi connectivity index (χ4n) is 2.67. The second-order valence-corrected chi connectivity index (χ2v) is 5.13. The molecule has 3 rings (SSSR count). The number of ether oxygens (including phenoxy) is 1. The van der Waals surface area contributed by atoms with Gasteiger partial charge in [0.25, 0.3) is 0 Å². The molecule has 2 aromatic rings. The lowest BCUT2D eigenvalue weighted by atomic mass is 9.91. The van der Waals surface area contributed by atoms with Gasteiger partial charge >= 0.3 is 0 Å². The minimum absolute atomic E-state index is 0.214. The van der Waals surface area contributed by atoms with Crippen LogP contribution < -0.4 is 10.5 Å². The molecule has 2 aromatic carbocycles. The standard InChI is InChI=1S/C16H15F2NO/c1-9-6-10(17)2-4-12(9)16-8-14(19)13-5-3-11(18)7-15(13)20-16/h2-7,14,16H,8,19H2,1H3. The van der Waals surface area contributed by atoms with Crippen molar-refractivity contribution >= 4 is 0 Å². The summed E-state index contributed by atoms with van der Waals surface area (Å²) in [4.78, 5) is 0. The van der Waals surface area contributed by atoms with Crippen LogP contribution in [0.5, 0.6) is 5.75 Å². The average molecular weight is 275 g/mol. The van der Waals surface area contributed by atoms with Crippen LogP contribution in [0.4, 0.5) is 8.78 Å². The van der Waals surface area contributed by atoms with E-state index in [2.05, 4.69) is 0 Å². The summed E-state index contributed by atoms with van der Waals surface area (Å²) in [5.74, 6) is -0.164. The van der Waals surface area contributed by atoms with Gasteiger partial charge in [-0.25, -0.2) is 8.78 Å². The molecule has 0 aromatic heterocycles. The lowest BCUT2D eigenvalue weighted by Crippen LogP contribution is -2.24. The molecular formula is C16H15F2NO. The van der Waals surface area contributed by atoms with Gasteiger partial charge in [-0.15, -0.1) is 0 Å². The number of benzene rings is 2. The second kappa shape index (κ2) is 4.87. The number of nitrogens with two attached hydrogens (primary N) is 1. The minimum atomic E-state index is -0.354. The van der Waals surface area contributed by atoms with Crippen molar-refractivity contribution in [3.8, 4) is 5.75 Å². The summed E-state index contributed by atoms with van der Waals surface area (Å²) in [5, 5.41) is 0. The molecule has 0 saturated heterocycles. The van der Waals surface area contributed by atoms with Crippen molar-refractivity contribution in [3.63, 3.8) is 0 Å². The molecule has 0 amide bonds. The number of fused-ring (bicyclic) bond motifs is 1. The maximum atomic E-state index is 13.3. The smallest absolute Gasteiger partial charge is 0.127 e. The fourth-order valence-corrected chi connectivity index (χ4v) is 2.67. The largest absolute Gasteiger partial charge is 0.485 e. The maximum absolute atomic E-state index is 13.3. The number of hydrogen-bond acceptors (Lipinski definition) is 2. The van der Waals surface area contributed by atoms with Crippen molar-refractivity contribution < 1.29 is 13.5 Å². The molecule has 0 spiro atoms. The van der Waals surface area contributed by atoms with E-state index >= 15 is 0 Å². The van der Waals surface area contributed by atoms with E-state index in [0.717, 1.165) is 16.7 Å². The Hall–Kier alpha value is -1.94. The first-order chi connectivity index (χ1) is 9.54. The van der Waals surface area contributed by atoms with Gasteiger partial charge in [-0.1, -0.05) is 12.1 Å². The Balaban J connectivity index is 1.98. The molecular weight excluding hydrogens is 260 g/mol. The van der Waals surface area contributed by atoms with E-state index in [4.69, 9.17) is 10.5 Å². The van der Waals surface area contributed by atoms with Crippen molar-refractivity contribution in [1.29, 1.82) is 0 Å². The van der Waals surface area contributed by atoms with Crippen LogP contribution in [0.15, 0.2) is 36.4 Å².